The average molecular weight is 507 g/mol. The lowest BCUT2D eigenvalue weighted by atomic mass is 9.78. The number of thiazole rings is 1. The first-order valence-electron chi connectivity index (χ1n) is 13.2. The highest BCUT2D eigenvalue weighted by atomic mass is 32.1. The van der Waals surface area contributed by atoms with Crippen LogP contribution in [0.4, 0.5) is 5.13 Å². The molecule has 1 unspecified atom stereocenters. The van der Waals surface area contributed by atoms with Crippen molar-refractivity contribution in [2.24, 2.45) is 5.92 Å². The molecule has 3 fully saturated rings. The summed E-state index contributed by atoms with van der Waals surface area (Å²) >= 11 is 1.52. The molecule has 1 aromatic carbocycles. The molecule has 3 heterocycles. The van der Waals surface area contributed by atoms with Crippen molar-refractivity contribution < 1.29 is 9.53 Å². The predicted molar refractivity (Wildman–Crippen MR) is 142 cm³/mol. The molecule has 9 heteroatoms. The van der Waals surface area contributed by atoms with Gasteiger partial charge in [0.05, 0.1) is 16.3 Å². The number of carbonyl (C=O) groups is 1. The first kappa shape index (κ1) is 23.9. The maximum absolute atomic E-state index is 12.8. The molecule has 1 amide bonds. The minimum Gasteiger partial charge on any atom is -0.370 e. The number of benzene rings is 1. The Hall–Kier alpha value is -2.46. The standard InChI is InChI=1S/C27H34N6O2S/c1-17-13-28-8-9-33(17)21-10-19(11-21)26(34)32-27-31-23-7-6-18(12-24(23)36-27)20-14-29-25(30-15-20)16-35-22-4-2-3-5-22/h6-7,12,14-15,17,19,21-22,28H,2-5,8-11,13,16H2,1H3,(H,31,32,34). The summed E-state index contributed by atoms with van der Waals surface area (Å²) in [6.07, 6.45) is 10.8. The second-order valence-electron chi connectivity index (χ2n) is 10.4. The number of nitrogens with one attached hydrogen (secondary N) is 2. The molecule has 0 radical (unpaired) electrons. The number of hydrogen-bond donors (Lipinski definition) is 2. The van der Waals surface area contributed by atoms with Crippen LogP contribution in [0.15, 0.2) is 30.6 Å². The molecular formula is C27H34N6O2S. The summed E-state index contributed by atoms with van der Waals surface area (Å²) in [7, 11) is 0. The lowest BCUT2D eigenvalue weighted by Crippen LogP contribution is -2.58. The summed E-state index contributed by atoms with van der Waals surface area (Å²) in [6, 6.07) is 7.20. The molecular weight excluding hydrogens is 472 g/mol. The molecule has 2 aromatic heterocycles. The van der Waals surface area contributed by atoms with E-state index in [1.165, 1.54) is 24.2 Å². The van der Waals surface area contributed by atoms with Crippen LogP contribution in [0.1, 0.15) is 51.3 Å². The summed E-state index contributed by atoms with van der Waals surface area (Å²) in [4.78, 5) is 29.1. The van der Waals surface area contributed by atoms with E-state index in [4.69, 9.17) is 4.74 Å². The van der Waals surface area contributed by atoms with Crippen LogP contribution < -0.4 is 10.6 Å². The highest BCUT2D eigenvalue weighted by Gasteiger charge is 2.40. The molecule has 2 N–H and O–H groups in total. The zero-order valence-electron chi connectivity index (χ0n) is 20.8. The summed E-state index contributed by atoms with van der Waals surface area (Å²) in [5, 5.41) is 7.18. The van der Waals surface area contributed by atoms with Crippen LogP contribution in [0.5, 0.6) is 0 Å². The third kappa shape index (κ3) is 5.16. The van der Waals surface area contributed by atoms with Crippen molar-refractivity contribution in [3.63, 3.8) is 0 Å². The van der Waals surface area contributed by atoms with Gasteiger partial charge in [-0.1, -0.05) is 30.2 Å². The van der Waals surface area contributed by atoms with Gasteiger partial charge >= 0.3 is 0 Å². The molecule has 190 valence electrons. The van der Waals surface area contributed by atoms with E-state index in [2.05, 4.69) is 43.5 Å². The average Bonchev–Trinajstić information content (AvgIpc) is 3.52. The fourth-order valence-corrected chi connectivity index (χ4v) is 6.57. The van der Waals surface area contributed by atoms with Gasteiger partial charge in [0.25, 0.3) is 0 Å². The number of aromatic nitrogens is 3. The fraction of sp³-hybridized carbons (Fsp3) is 0.556. The van der Waals surface area contributed by atoms with Crippen LogP contribution in [-0.2, 0) is 16.1 Å². The highest BCUT2D eigenvalue weighted by Crippen LogP contribution is 2.35. The van der Waals surface area contributed by atoms with E-state index in [1.54, 1.807) is 0 Å². The second kappa shape index (κ2) is 10.5. The van der Waals surface area contributed by atoms with E-state index in [9.17, 15) is 4.79 Å². The number of hydrogen-bond acceptors (Lipinski definition) is 8. The molecule has 0 bridgehead atoms. The van der Waals surface area contributed by atoms with E-state index >= 15 is 0 Å². The Balaban J connectivity index is 1.05. The Kier molecular flexibility index (Phi) is 6.97. The first-order valence-corrected chi connectivity index (χ1v) is 14.0. The van der Waals surface area contributed by atoms with E-state index in [-0.39, 0.29) is 11.8 Å². The Morgan fingerprint density at radius 3 is 2.78 bits per heavy atom. The Labute approximate surface area is 215 Å². The fourth-order valence-electron chi connectivity index (χ4n) is 5.66. The largest absolute Gasteiger partial charge is 0.370 e. The molecule has 1 atom stereocenters. The van der Waals surface area contributed by atoms with Gasteiger partial charge < -0.3 is 15.4 Å². The van der Waals surface area contributed by atoms with Crippen LogP contribution in [-0.4, -0.2) is 63.6 Å². The van der Waals surface area contributed by atoms with Crippen molar-refractivity contribution >= 4 is 32.6 Å². The number of fused-ring (bicyclic) bond motifs is 1. The number of amides is 1. The SMILES string of the molecule is CC1CNCCN1C1CC(C(=O)Nc2nc3ccc(-c4cnc(COC5CCCC5)nc4)cc3s2)C1. The van der Waals surface area contributed by atoms with Crippen molar-refractivity contribution in [1.29, 1.82) is 0 Å². The molecule has 6 rings (SSSR count). The lowest BCUT2D eigenvalue weighted by molar-refractivity contribution is -0.125. The summed E-state index contributed by atoms with van der Waals surface area (Å²) in [5.74, 6) is 0.893. The summed E-state index contributed by atoms with van der Waals surface area (Å²) < 4.78 is 6.97. The maximum Gasteiger partial charge on any atom is 0.229 e. The number of anilines is 1. The second-order valence-corrected chi connectivity index (χ2v) is 11.4. The van der Waals surface area contributed by atoms with Crippen LogP contribution in [0.2, 0.25) is 0 Å². The van der Waals surface area contributed by atoms with Gasteiger partial charge in [0.2, 0.25) is 5.91 Å². The smallest absolute Gasteiger partial charge is 0.229 e. The molecule has 8 nitrogen and oxygen atoms in total. The van der Waals surface area contributed by atoms with Gasteiger partial charge in [0.15, 0.2) is 11.0 Å². The predicted octanol–water partition coefficient (Wildman–Crippen LogP) is 4.22. The summed E-state index contributed by atoms with van der Waals surface area (Å²) in [6.45, 7) is 5.88. The monoisotopic (exact) mass is 506 g/mol. The third-order valence-corrected chi connectivity index (χ3v) is 8.85. The maximum atomic E-state index is 12.8. The zero-order chi connectivity index (χ0) is 24.5. The minimum atomic E-state index is 0.0768. The van der Waals surface area contributed by atoms with Crippen LogP contribution in [0.25, 0.3) is 21.3 Å². The van der Waals surface area contributed by atoms with Crippen LogP contribution in [0.3, 0.4) is 0 Å². The Morgan fingerprint density at radius 2 is 2.00 bits per heavy atom. The third-order valence-electron chi connectivity index (χ3n) is 7.91. The number of carbonyl (C=O) groups excluding carboxylic acids is 1. The van der Waals surface area contributed by atoms with Crippen molar-refractivity contribution in [3.8, 4) is 11.1 Å². The van der Waals surface area contributed by atoms with Gasteiger partial charge in [-0.3, -0.25) is 9.69 Å². The van der Waals surface area contributed by atoms with E-state index in [0.717, 1.165) is 72.5 Å². The molecule has 3 aromatic rings. The van der Waals surface area contributed by atoms with Gasteiger partial charge in [-0.2, -0.15) is 0 Å². The number of piperazine rings is 1. The van der Waals surface area contributed by atoms with E-state index in [0.29, 0.717) is 29.9 Å². The summed E-state index contributed by atoms with van der Waals surface area (Å²) in [5.41, 5.74) is 2.89. The van der Waals surface area contributed by atoms with Crippen molar-refractivity contribution in [3.05, 3.63) is 36.4 Å². The lowest BCUT2D eigenvalue weighted by Gasteiger charge is -2.47. The quantitative estimate of drug-likeness (QED) is 0.496. The molecule has 1 aliphatic heterocycles. The Bertz CT molecular complexity index is 1200. The van der Waals surface area contributed by atoms with Gasteiger partial charge in [-0.15, -0.1) is 0 Å². The van der Waals surface area contributed by atoms with Gasteiger partial charge in [-0.05, 0) is 50.3 Å². The first-order chi connectivity index (χ1) is 17.6. The van der Waals surface area contributed by atoms with Crippen LogP contribution >= 0.6 is 11.3 Å². The van der Waals surface area contributed by atoms with E-state index < -0.39 is 0 Å². The molecule has 36 heavy (non-hydrogen) atoms. The van der Waals surface area contributed by atoms with Gasteiger partial charge in [0.1, 0.15) is 6.61 Å². The van der Waals surface area contributed by atoms with Crippen molar-refractivity contribution in [2.75, 3.05) is 25.0 Å². The number of nitrogens with zero attached hydrogens (tertiary/aromatic N) is 4. The molecule has 0 spiro atoms. The number of rotatable bonds is 7. The normalized spacial score (nSPS) is 25.2. The van der Waals surface area contributed by atoms with Crippen molar-refractivity contribution in [2.45, 2.75) is 70.2 Å². The Morgan fingerprint density at radius 1 is 1.19 bits per heavy atom. The van der Waals surface area contributed by atoms with Crippen molar-refractivity contribution in [1.82, 2.24) is 25.2 Å². The number of ether oxygens (including phenoxy) is 1. The minimum absolute atomic E-state index is 0.0768. The molecule has 2 saturated carbocycles. The van der Waals surface area contributed by atoms with Crippen LogP contribution in [0, 0.1) is 5.92 Å². The molecule has 3 aliphatic rings. The highest BCUT2D eigenvalue weighted by molar-refractivity contribution is 7.22. The van der Waals surface area contributed by atoms with Gasteiger partial charge in [0, 0.05) is 55.6 Å². The van der Waals surface area contributed by atoms with E-state index in [1.807, 2.05) is 24.5 Å². The van der Waals surface area contributed by atoms with Gasteiger partial charge in [-0.25, -0.2) is 15.0 Å². The zero-order valence-corrected chi connectivity index (χ0v) is 21.6. The topological polar surface area (TPSA) is 92.3 Å². The molecule has 2 aliphatic carbocycles. The molecule has 1 saturated heterocycles.